The number of guanidine groups is 1. The third kappa shape index (κ3) is 6.68. The predicted octanol–water partition coefficient (Wildman–Crippen LogP) is 2.81. The number of methoxy groups -OCH3 is 2. The highest BCUT2D eigenvalue weighted by Gasteiger charge is 2.36. The second kappa shape index (κ2) is 9.48. The summed E-state index contributed by atoms with van der Waals surface area (Å²) in [5.41, 5.74) is 0.454. The van der Waals surface area contributed by atoms with Crippen molar-refractivity contribution in [3.8, 4) is 0 Å². The smallest absolute Gasteiger partial charge is 0.191 e. The first kappa shape index (κ1) is 20.2. The zero-order valence-corrected chi connectivity index (χ0v) is 16.0. The number of ether oxygens (including phenoxy) is 2. The summed E-state index contributed by atoms with van der Waals surface area (Å²) < 4.78 is 10.9. The van der Waals surface area contributed by atoms with Crippen LogP contribution in [0.15, 0.2) is 4.99 Å². The van der Waals surface area contributed by atoms with Crippen molar-refractivity contribution >= 4 is 5.96 Å². The predicted molar refractivity (Wildman–Crippen MR) is 97.0 cm³/mol. The average molecular weight is 328 g/mol. The molecule has 0 radical (unpaired) electrons. The van der Waals surface area contributed by atoms with Crippen LogP contribution in [0.5, 0.6) is 0 Å². The molecule has 1 aliphatic carbocycles. The van der Waals surface area contributed by atoms with Crippen molar-refractivity contribution in [3.63, 3.8) is 0 Å². The van der Waals surface area contributed by atoms with E-state index >= 15 is 0 Å². The summed E-state index contributed by atoms with van der Waals surface area (Å²) in [6.07, 6.45) is 5.11. The molecule has 1 saturated carbocycles. The van der Waals surface area contributed by atoms with Crippen LogP contribution in [0.1, 0.15) is 53.4 Å². The molecule has 1 atom stereocenters. The molecule has 2 N–H and O–H groups in total. The lowest BCUT2D eigenvalue weighted by molar-refractivity contribution is 0.0205. The minimum atomic E-state index is 0.104. The lowest BCUT2D eigenvalue weighted by Crippen LogP contribution is -2.46. The van der Waals surface area contributed by atoms with Crippen molar-refractivity contribution in [2.75, 3.05) is 40.5 Å². The molecule has 0 spiro atoms. The van der Waals surface area contributed by atoms with Gasteiger partial charge in [0, 0.05) is 40.5 Å². The molecule has 0 bridgehead atoms. The van der Waals surface area contributed by atoms with Crippen LogP contribution in [-0.4, -0.2) is 52.5 Å². The lowest BCUT2D eigenvalue weighted by Gasteiger charge is -2.41. The Morgan fingerprint density at radius 2 is 1.91 bits per heavy atom. The van der Waals surface area contributed by atoms with Crippen LogP contribution in [0.2, 0.25) is 0 Å². The largest absolute Gasteiger partial charge is 0.385 e. The molecule has 1 unspecified atom stereocenters. The van der Waals surface area contributed by atoms with Crippen molar-refractivity contribution in [1.82, 2.24) is 10.6 Å². The first-order valence-electron chi connectivity index (χ1n) is 8.91. The Hall–Kier alpha value is -0.810. The van der Waals surface area contributed by atoms with Gasteiger partial charge in [-0.1, -0.05) is 27.2 Å². The third-order valence-corrected chi connectivity index (χ3v) is 4.87. The van der Waals surface area contributed by atoms with E-state index in [2.05, 4.69) is 38.3 Å². The van der Waals surface area contributed by atoms with Gasteiger partial charge in [-0.3, -0.25) is 4.99 Å². The molecule has 136 valence electrons. The molecule has 0 aliphatic heterocycles. The van der Waals surface area contributed by atoms with Gasteiger partial charge in [0.2, 0.25) is 0 Å². The van der Waals surface area contributed by atoms with Crippen LogP contribution in [0.4, 0.5) is 0 Å². The van der Waals surface area contributed by atoms with Gasteiger partial charge in [-0.15, -0.1) is 0 Å². The summed E-state index contributed by atoms with van der Waals surface area (Å²) in [5, 5.41) is 6.78. The molecule has 5 heteroatoms. The van der Waals surface area contributed by atoms with Crippen LogP contribution >= 0.6 is 0 Å². The SMILES string of the molecule is CCNC(=NCC1(CCOC)CCC1)NCC(OC)C(C)(C)C. The maximum absolute atomic E-state index is 5.61. The van der Waals surface area contributed by atoms with Gasteiger partial charge in [0.25, 0.3) is 0 Å². The van der Waals surface area contributed by atoms with Crippen LogP contribution in [0.25, 0.3) is 0 Å². The van der Waals surface area contributed by atoms with E-state index in [4.69, 9.17) is 14.5 Å². The van der Waals surface area contributed by atoms with Crippen molar-refractivity contribution in [2.24, 2.45) is 15.8 Å². The fourth-order valence-electron chi connectivity index (χ4n) is 3.00. The molecule has 0 saturated heterocycles. The fourth-order valence-corrected chi connectivity index (χ4v) is 3.00. The molecule has 23 heavy (non-hydrogen) atoms. The van der Waals surface area contributed by atoms with Gasteiger partial charge in [-0.25, -0.2) is 0 Å². The first-order valence-corrected chi connectivity index (χ1v) is 8.91. The van der Waals surface area contributed by atoms with E-state index in [1.807, 2.05) is 0 Å². The highest BCUT2D eigenvalue weighted by Crippen LogP contribution is 2.44. The van der Waals surface area contributed by atoms with E-state index < -0.39 is 0 Å². The van der Waals surface area contributed by atoms with E-state index in [0.29, 0.717) is 5.41 Å². The number of nitrogens with zero attached hydrogens (tertiary/aromatic N) is 1. The third-order valence-electron chi connectivity index (χ3n) is 4.87. The number of nitrogens with one attached hydrogen (secondary N) is 2. The standard InChI is InChI=1S/C18H37N3O2/c1-7-19-16(20-13-15(23-6)17(2,3)4)21-14-18(9-8-10-18)11-12-22-5/h15H,7-14H2,1-6H3,(H2,19,20,21). The van der Waals surface area contributed by atoms with Gasteiger partial charge in [-0.2, -0.15) is 0 Å². The summed E-state index contributed by atoms with van der Waals surface area (Å²) in [4.78, 5) is 4.83. The number of hydrogen-bond acceptors (Lipinski definition) is 3. The van der Waals surface area contributed by atoms with E-state index in [0.717, 1.165) is 38.6 Å². The molecule has 0 heterocycles. The zero-order valence-electron chi connectivity index (χ0n) is 16.0. The molecule has 1 rings (SSSR count). The molecule has 0 aromatic rings. The Labute approximate surface area is 142 Å². The van der Waals surface area contributed by atoms with E-state index in [9.17, 15) is 0 Å². The summed E-state index contributed by atoms with van der Waals surface area (Å²) in [6, 6.07) is 0. The Kier molecular flexibility index (Phi) is 8.34. The fraction of sp³-hybridized carbons (Fsp3) is 0.944. The van der Waals surface area contributed by atoms with Gasteiger partial charge < -0.3 is 20.1 Å². The second-order valence-electron chi connectivity index (χ2n) is 7.76. The minimum absolute atomic E-state index is 0.104. The van der Waals surface area contributed by atoms with Gasteiger partial charge in [-0.05, 0) is 37.0 Å². The topological polar surface area (TPSA) is 54.9 Å². The Balaban J connectivity index is 2.59. The van der Waals surface area contributed by atoms with Crippen LogP contribution in [0, 0.1) is 10.8 Å². The van der Waals surface area contributed by atoms with Gasteiger partial charge >= 0.3 is 0 Å². The molecule has 1 fully saturated rings. The van der Waals surface area contributed by atoms with Crippen LogP contribution < -0.4 is 10.6 Å². The highest BCUT2D eigenvalue weighted by atomic mass is 16.5. The summed E-state index contributed by atoms with van der Waals surface area (Å²) in [5.74, 6) is 0.891. The Morgan fingerprint density at radius 1 is 1.22 bits per heavy atom. The average Bonchev–Trinajstić information content (AvgIpc) is 2.44. The minimum Gasteiger partial charge on any atom is -0.385 e. The summed E-state index contributed by atoms with van der Waals surface area (Å²) in [7, 11) is 3.55. The maximum atomic E-state index is 5.61. The number of aliphatic imine (C=N–C) groups is 1. The molecule has 1 aliphatic rings. The summed E-state index contributed by atoms with van der Waals surface area (Å²) >= 11 is 0. The summed E-state index contributed by atoms with van der Waals surface area (Å²) in [6.45, 7) is 12.0. The zero-order chi connectivity index (χ0) is 17.3. The lowest BCUT2D eigenvalue weighted by atomic mass is 9.67. The van der Waals surface area contributed by atoms with E-state index in [1.54, 1.807) is 14.2 Å². The second-order valence-corrected chi connectivity index (χ2v) is 7.76. The van der Waals surface area contributed by atoms with Gasteiger partial charge in [0.05, 0.1) is 6.10 Å². The van der Waals surface area contributed by atoms with Crippen LogP contribution in [-0.2, 0) is 9.47 Å². The molecule has 5 nitrogen and oxygen atoms in total. The normalized spacial score (nSPS) is 19.1. The van der Waals surface area contributed by atoms with E-state index in [-0.39, 0.29) is 11.5 Å². The molecule has 0 amide bonds. The van der Waals surface area contributed by atoms with Crippen molar-refractivity contribution < 1.29 is 9.47 Å². The molecular formula is C18H37N3O2. The highest BCUT2D eigenvalue weighted by molar-refractivity contribution is 5.79. The quantitative estimate of drug-likeness (QED) is 0.505. The maximum Gasteiger partial charge on any atom is 0.191 e. The number of hydrogen-bond donors (Lipinski definition) is 2. The van der Waals surface area contributed by atoms with Crippen LogP contribution in [0.3, 0.4) is 0 Å². The Bertz CT molecular complexity index is 360. The van der Waals surface area contributed by atoms with Crippen molar-refractivity contribution in [2.45, 2.75) is 59.5 Å². The number of rotatable bonds is 9. The molecule has 0 aromatic carbocycles. The first-order chi connectivity index (χ1) is 10.9. The molecule has 0 aromatic heterocycles. The van der Waals surface area contributed by atoms with Gasteiger partial charge in [0.1, 0.15) is 0 Å². The van der Waals surface area contributed by atoms with Crippen molar-refractivity contribution in [3.05, 3.63) is 0 Å². The monoisotopic (exact) mass is 327 g/mol. The van der Waals surface area contributed by atoms with Gasteiger partial charge in [0.15, 0.2) is 5.96 Å². The van der Waals surface area contributed by atoms with E-state index in [1.165, 1.54) is 19.3 Å². The Morgan fingerprint density at radius 3 is 2.35 bits per heavy atom. The van der Waals surface area contributed by atoms with Crippen molar-refractivity contribution in [1.29, 1.82) is 0 Å². The molecular weight excluding hydrogens is 290 g/mol.